The largest absolute Gasteiger partial charge is 0.443 e. The minimum absolute atomic E-state index is 0.385. The van der Waals surface area contributed by atoms with Gasteiger partial charge in [-0.05, 0) is 64.8 Å². The van der Waals surface area contributed by atoms with Crippen LogP contribution in [-0.2, 0) is 19.6 Å². The highest BCUT2D eigenvalue weighted by molar-refractivity contribution is 5.97. The van der Waals surface area contributed by atoms with Crippen LogP contribution in [0, 0.1) is 0 Å². The molecule has 0 aliphatic carbocycles. The van der Waals surface area contributed by atoms with E-state index in [1.807, 2.05) is 42.5 Å². The molecule has 36 heavy (non-hydrogen) atoms. The first-order valence-electron chi connectivity index (χ1n) is 11.9. The van der Waals surface area contributed by atoms with Crippen molar-refractivity contribution in [1.29, 1.82) is 0 Å². The first-order valence-corrected chi connectivity index (χ1v) is 11.9. The maximum absolute atomic E-state index is 13.4. The summed E-state index contributed by atoms with van der Waals surface area (Å²) >= 11 is 0. The molecule has 1 aromatic heterocycles. The zero-order valence-electron chi connectivity index (χ0n) is 21.9. The van der Waals surface area contributed by atoms with Crippen molar-refractivity contribution >= 4 is 28.8 Å². The van der Waals surface area contributed by atoms with Crippen molar-refractivity contribution in [3.05, 3.63) is 65.9 Å². The number of carbonyl (C=O) groups excluding carboxylic acids is 2. The first kappa shape index (κ1) is 25.7. The lowest BCUT2D eigenvalue weighted by atomic mass is 9.75. The maximum Gasteiger partial charge on any atom is 0.419 e. The Morgan fingerprint density at radius 2 is 1.47 bits per heavy atom. The fourth-order valence-electron chi connectivity index (χ4n) is 4.88. The van der Waals surface area contributed by atoms with E-state index in [2.05, 4.69) is 0 Å². The zero-order chi connectivity index (χ0) is 26.5. The van der Waals surface area contributed by atoms with Gasteiger partial charge in [-0.15, -0.1) is 0 Å². The molecule has 2 aromatic carbocycles. The number of aliphatic hydroxyl groups is 1. The lowest BCUT2D eigenvalue weighted by molar-refractivity contribution is 0.0127. The smallest absolute Gasteiger partial charge is 0.419 e. The van der Waals surface area contributed by atoms with Crippen molar-refractivity contribution in [3.63, 3.8) is 0 Å². The second kappa shape index (κ2) is 8.94. The number of hydrogen-bond acceptors (Lipinski definition) is 6. The van der Waals surface area contributed by atoms with Gasteiger partial charge in [-0.2, -0.15) is 0 Å². The molecule has 4 rings (SSSR count). The SMILES string of the molecule is CO[C@H]1N(C(=O)OC(C)(C)C)c2ccccc2[C@]1(CO)c1cn(C(=O)OC(C)(C)C)c2ccccc12. The average molecular weight is 495 g/mol. The van der Waals surface area contributed by atoms with Crippen LogP contribution in [0.15, 0.2) is 54.7 Å². The molecule has 1 aliphatic heterocycles. The van der Waals surface area contributed by atoms with Crippen LogP contribution in [-0.4, -0.2) is 53.0 Å². The number of methoxy groups -OCH3 is 1. The number of benzene rings is 2. The van der Waals surface area contributed by atoms with Gasteiger partial charge in [0.2, 0.25) is 0 Å². The molecule has 0 fully saturated rings. The van der Waals surface area contributed by atoms with Crippen molar-refractivity contribution in [2.45, 2.75) is 64.4 Å². The van der Waals surface area contributed by atoms with Gasteiger partial charge in [0, 0.05) is 18.7 Å². The molecule has 3 aromatic rings. The zero-order valence-corrected chi connectivity index (χ0v) is 21.9. The molecule has 0 saturated carbocycles. The molecule has 0 radical (unpaired) electrons. The van der Waals surface area contributed by atoms with Crippen LogP contribution in [0.2, 0.25) is 0 Å². The van der Waals surface area contributed by atoms with Crippen LogP contribution in [0.1, 0.15) is 52.7 Å². The highest BCUT2D eigenvalue weighted by atomic mass is 16.6. The number of rotatable bonds is 3. The number of para-hydroxylation sites is 2. The predicted octanol–water partition coefficient (Wildman–Crippen LogP) is 5.43. The Morgan fingerprint density at radius 1 is 0.889 bits per heavy atom. The summed E-state index contributed by atoms with van der Waals surface area (Å²) in [6.45, 7) is 10.4. The summed E-state index contributed by atoms with van der Waals surface area (Å²) in [6.07, 6.45) is -0.390. The van der Waals surface area contributed by atoms with E-state index < -0.39 is 35.0 Å². The van der Waals surface area contributed by atoms with Gasteiger partial charge in [0.15, 0.2) is 6.23 Å². The van der Waals surface area contributed by atoms with Crippen LogP contribution in [0.4, 0.5) is 15.3 Å². The number of aliphatic hydroxyl groups excluding tert-OH is 1. The Morgan fingerprint density at radius 3 is 2.08 bits per heavy atom. The Kier molecular flexibility index (Phi) is 6.39. The van der Waals surface area contributed by atoms with Crippen molar-refractivity contribution in [2.75, 3.05) is 18.6 Å². The summed E-state index contributed by atoms with van der Waals surface area (Å²) in [4.78, 5) is 28.0. The quantitative estimate of drug-likeness (QED) is 0.522. The van der Waals surface area contributed by atoms with Gasteiger partial charge in [-0.25, -0.2) is 14.5 Å². The van der Waals surface area contributed by atoms with Crippen molar-refractivity contribution in [2.24, 2.45) is 0 Å². The van der Waals surface area contributed by atoms with Crippen molar-refractivity contribution < 1.29 is 28.9 Å². The summed E-state index contributed by atoms with van der Waals surface area (Å²) < 4.78 is 18.8. The summed E-state index contributed by atoms with van der Waals surface area (Å²) in [5, 5.41) is 11.8. The summed E-state index contributed by atoms with van der Waals surface area (Å²) in [6, 6.07) is 14.7. The normalized spacial score (nSPS) is 19.9. The van der Waals surface area contributed by atoms with Crippen LogP contribution >= 0.6 is 0 Å². The van der Waals surface area contributed by atoms with Gasteiger partial charge in [-0.3, -0.25) is 4.57 Å². The van der Waals surface area contributed by atoms with Gasteiger partial charge >= 0.3 is 12.2 Å². The number of ether oxygens (including phenoxy) is 3. The van der Waals surface area contributed by atoms with Crippen LogP contribution in [0.5, 0.6) is 0 Å². The number of anilines is 1. The first-order chi connectivity index (χ1) is 16.8. The molecular formula is C28H34N2O6. The van der Waals surface area contributed by atoms with E-state index in [4.69, 9.17) is 14.2 Å². The molecule has 2 atom stereocenters. The maximum atomic E-state index is 13.4. The van der Waals surface area contributed by atoms with E-state index in [1.165, 1.54) is 16.6 Å². The molecule has 192 valence electrons. The van der Waals surface area contributed by atoms with E-state index in [0.29, 0.717) is 22.3 Å². The molecule has 0 bridgehead atoms. The minimum Gasteiger partial charge on any atom is -0.443 e. The predicted molar refractivity (Wildman–Crippen MR) is 137 cm³/mol. The van der Waals surface area contributed by atoms with Gasteiger partial charge < -0.3 is 19.3 Å². The highest BCUT2D eigenvalue weighted by Gasteiger charge is 2.56. The Balaban J connectivity index is 1.97. The van der Waals surface area contributed by atoms with E-state index >= 15 is 0 Å². The summed E-state index contributed by atoms with van der Waals surface area (Å²) in [5.74, 6) is 0. The molecule has 0 saturated heterocycles. The fraction of sp³-hybridized carbons (Fsp3) is 0.429. The van der Waals surface area contributed by atoms with Crippen LogP contribution in [0.3, 0.4) is 0 Å². The average Bonchev–Trinajstić information content (AvgIpc) is 3.31. The second-order valence-corrected chi connectivity index (χ2v) is 11.0. The molecule has 1 amide bonds. The van der Waals surface area contributed by atoms with E-state index in [0.717, 1.165) is 5.39 Å². The van der Waals surface area contributed by atoms with E-state index in [1.54, 1.807) is 53.8 Å². The van der Waals surface area contributed by atoms with Gasteiger partial charge in [0.05, 0.1) is 23.2 Å². The molecular weight excluding hydrogens is 460 g/mol. The number of aromatic nitrogens is 1. The molecule has 2 heterocycles. The topological polar surface area (TPSA) is 90.2 Å². The fourth-order valence-corrected chi connectivity index (χ4v) is 4.88. The number of nitrogens with zero attached hydrogens (tertiary/aromatic N) is 2. The Hall–Kier alpha value is -3.36. The van der Waals surface area contributed by atoms with Gasteiger partial charge in [-0.1, -0.05) is 36.4 Å². The third-order valence-corrected chi connectivity index (χ3v) is 6.15. The minimum atomic E-state index is -1.20. The van der Waals surface area contributed by atoms with Gasteiger partial charge in [0.25, 0.3) is 0 Å². The van der Waals surface area contributed by atoms with Gasteiger partial charge in [0.1, 0.15) is 11.2 Å². The van der Waals surface area contributed by atoms with Crippen LogP contribution < -0.4 is 4.90 Å². The highest BCUT2D eigenvalue weighted by Crippen LogP contribution is 2.52. The standard InChI is InChI=1S/C28H34N2O6/c1-26(2,3)35-24(32)29-16-20(18-12-8-10-14-21(18)29)28(17-31)19-13-9-11-15-22(19)30(23(28)34-7)25(33)36-27(4,5)6/h8-16,23,31H,17H2,1-7H3/t23-,28-/m1/s1. The Bertz CT molecular complexity index is 1300. The Labute approximate surface area is 211 Å². The molecule has 1 aliphatic rings. The molecule has 8 nitrogen and oxygen atoms in total. The van der Waals surface area contributed by atoms with Crippen molar-refractivity contribution in [3.8, 4) is 0 Å². The lowest BCUT2D eigenvalue weighted by Gasteiger charge is -2.36. The lowest BCUT2D eigenvalue weighted by Crippen LogP contribution is -2.52. The van der Waals surface area contributed by atoms with Crippen LogP contribution in [0.25, 0.3) is 10.9 Å². The third-order valence-electron chi connectivity index (χ3n) is 6.15. The number of hydrogen-bond donors (Lipinski definition) is 1. The van der Waals surface area contributed by atoms with E-state index in [9.17, 15) is 14.7 Å². The summed E-state index contributed by atoms with van der Waals surface area (Å²) in [7, 11) is 1.49. The summed E-state index contributed by atoms with van der Waals surface area (Å²) in [5.41, 5.74) is -0.107. The third kappa shape index (κ3) is 4.24. The monoisotopic (exact) mass is 494 g/mol. The molecule has 0 spiro atoms. The number of carbonyl (C=O) groups is 2. The second-order valence-electron chi connectivity index (χ2n) is 11.0. The number of fused-ring (bicyclic) bond motifs is 2. The molecule has 8 heteroatoms. The molecule has 1 N–H and O–H groups in total. The number of amides is 1. The molecule has 0 unspecified atom stereocenters. The van der Waals surface area contributed by atoms with E-state index in [-0.39, 0.29) is 6.61 Å². The van der Waals surface area contributed by atoms with Crippen molar-refractivity contribution in [1.82, 2.24) is 4.57 Å².